The van der Waals surface area contributed by atoms with Gasteiger partial charge in [-0.25, -0.2) is 9.37 Å². The maximum absolute atomic E-state index is 15.7. The number of halogens is 1. The summed E-state index contributed by atoms with van der Waals surface area (Å²) in [5.41, 5.74) is 1.37. The molecule has 1 saturated carbocycles. The predicted octanol–water partition coefficient (Wildman–Crippen LogP) is 3.68. The third-order valence-electron chi connectivity index (χ3n) is 7.75. The Bertz CT molecular complexity index is 1120. The average Bonchev–Trinajstić information content (AvgIpc) is 3.31. The molecule has 2 saturated heterocycles. The molecule has 4 atom stereocenters. The number of piperidine rings is 2. The van der Waals surface area contributed by atoms with Crippen molar-refractivity contribution in [3.63, 3.8) is 0 Å². The van der Waals surface area contributed by atoms with E-state index >= 15 is 4.39 Å². The lowest BCUT2D eigenvalue weighted by atomic mass is 9.59. The molecule has 0 radical (unpaired) electrons. The molecule has 0 amide bonds. The van der Waals surface area contributed by atoms with Crippen molar-refractivity contribution in [3.8, 4) is 22.7 Å². The van der Waals surface area contributed by atoms with Crippen LogP contribution in [0.4, 0.5) is 10.2 Å². The first kappa shape index (κ1) is 20.9. The van der Waals surface area contributed by atoms with Crippen LogP contribution in [-0.4, -0.2) is 68.1 Å². The zero-order valence-electron chi connectivity index (χ0n) is 18.9. The molecule has 1 aliphatic carbocycles. The lowest BCUT2D eigenvalue weighted by Crippen LogP contribution is -2.74. The number of aromatic hydroxyl groups is 1. The van der Waals surface area contributed by atoms with Gasteiger partial charge >= 0.3 is 0 Å². The molecule has 0 spiro atoms. The minimum Gasteiger partial charge on any atom is -0.507 e. The van der Waals surface area contributed by atoms with Gasteiger partial charge in [-0.2, -0.15) is 0 Å². The molecule has 0 unspecified atom stereocenters. The third-order valence-corrected chi connectivity index (χ3v) is 7.75. The Hall–Kier alpha value is -3.00. The fraction of sp³-hybridized carbons (Fsp3) is 0.458. The van der Waals surface area contributed by atoms with Crippen molar-refractivity contribution >= 4 is 5.82 Å². The number of fused-ring (bicyclic) bond motifs is 3. The van der Waals surface area contributed by atoms with Gasteiger partial charge in [0.15, 0.2) is 5.82 Å². The Labute approximate surface area is 187 Å². The van der Waals surface area contributed by atoms with Crippen LogP contribution in [0.3, 0.4) is 0 Å². The van der Waals surface area contributed by atoms with Gasteiger partial charge in [-0.1, -0.05) is 6.92 Å². The van der Waals surface area contributed by atoms with Crippen molar-refractivity contribution in [2.45, 2.75) is 44.4 Å². The van der Waals surface area contributed by atoms with Gasteiger partial charge in [0.1, 0.15) is 11.9 Å². The molecular formula is C24H29FN6O. The summed E-state index contributed by atoms with van der Waals surface area (Å²) in [6, 6.07) is 8.80. The van der Waals surface area contributed by atoms with Crippen LogP contribution in [0.2, 0.25) is 0 Å². The first-order valence-electron chi connectivity index (χ1n) is 11.0. The van der Waals surface area contributed by atoms with Gasteiger partial charge in [0.05, 0.1) is 29.3 Å². The quantitative estimate of drug-likeness (QED) is 0.673. The maximum atomic E-state index is 15.7. The minimum atomic E-state index is -0.980. The number of aromatic nitrogens is 4. The van der Waals surface area contributed by atoms with E-state index in [0.717, 1.165) is 25.1 Å². The molecule has 3 aromatic rings. The molecule has 2 bridgehead atoms. The number of hydrogen-bond donors (Lipinski definition) is 1. The number of rotatable bonds is 4. The molecule has 1 N–H and O–H groups in total. The summed E-state index contributed by atoms with van der Waals surface area (Å²) < 4.78 is 17.6. The summed E-state index contributed by atoms with van der Waals surface area (Å²) in [5, 5.41) is 19.3. The smallest absolute Gasteiger partial charge is 0.151 e. The van der Waals surface area contributed by atoms with Crippen LogP contribution in [0.15, 0.2) is 49.1 Å². The summed E-state index contributed by atoms with van der Waals surface area (Å²) in [7, 11) is 3.94. The highest BCUT2D eigenvalue weighted by molar-refractivity contribution is 5.69. The van der Waals surface area contributed by atoms with Crippen LogP contribution in [0, 0.1) is 5.41 Å². The van der Waals surface area contributed by atoms with Gasteiger partial charge in [-0.05, 0) is 51.1 Å². The van der Waals surface area contributed by atoms with Crippen molar-refractivity contribution in [2.24, 2.45) is 5.41 Å². The van der Waals surface area contributed by atoms with Gasteiger partial charge in [0.25, 0.3) is 0 Å². The van der Waals surface area contributed by atoms with E-state index in [9.17, 15) is 5.11 Å². The summed E-state index contributed by atoms with van der Waals surface area (Å²) >= 11 is 0. The monoisotopic (exact) mass is 436 g/mol. The molecule has 6 rings (SSSR count). The summed E-state index contributed by atoms with van der Waals surface area (Å²) in [4.78, 5) is 8.16. The topological polar surface area (TPSA) is 70.3 Å². The lowest BCUT2D eigenvalue weighted by molar-refractivity contribution is -0.123. The second-order valence-electron chi connectivity index (χ2n) is 9.77. The first-order valence-corrected chi connectivity index (χ1v) is 11.0. The zero-order valence-corrected chi connectivity index (χ0v) is 18.9. The highest BCUT2D eigenvalue weighted by Gasteiger charge is 2.61. The van der Waals surface area contributed by atoms with E-state index in [4.69, 9.17) is 0 Å². The van der Waals surface area contributed by atoms with Gasteiger partial charge in [-0.15, -0.1) is 10.2 Å². The van der Waals surface area contributed by atoms with E-state index in [1.807, 2.05) is 60.9 Å². The predicted molar refractivity (Wildman–Crippen MR) is 122 cm³/mol. The first-order chi connectivity index (χ1) is 15.2. The van der Waals surface area contributed by atoms with Crippen LogP contribution in [0.1, 0.15) is 26.7 Å². The van der Waals surface area contributed by atoms with Crippen LogP contribution >= 0.6 is 0 Å². The van der Waals surface area contributed by atoms with Crippen LogP contribution in [-0.2, 0) is 0 Å². The van der Waals surface area contributed by atoms with E-state index in [1.54, 1.807) is 18.6 Å². The Morgan fingerprint density at radius 2 is 1.97 bits per heavy atom. The van der Waals surface area contributed by atoms with Crippen LogP contribution < -0.4 is 4.90 Å². The Balaban J connectivity index is 1.41. The molecular weight excluding hydrogens is 407 g/mol. The van der Waals surface area contributed by atoms with Crippen molar-refractivity contribution in [1.82, 2.24) is 24.6 Å². The molecule has 3 aliphatic rings. The van der Waals surface area contributed by atoms with Crippen molar-refractivity contribution < 1.29 is 9.50 Å². The average molecular weight is 437 g/mol. The molecule has 168 valence electrons. The minimum absolute atomic E-state index is 0.114. The molecule has 1 aromatic carbocycles. The standard InChI is InChI=1S/C24H29FN6O/c1-23-9-10-24(2,29(3)14-23)21(25)22(23)30(4)20-8-7-18(27-28-20)17-6-5-16(13-19(17)32)31-12-11-26-15-31/h5-8,11-13,15,21-22,32H,9-10,14H2,1-4H3/t21-,22-,23+,24+/m0/s1. The Kier molecular flexibility index (Phi) is 4.74. The number of nitrogens with zero attached hydrogens (tertiary/aromatic N) is 6. The maximum Gasteiger partial charge on any atom is 0.151 e. The third kappa shape index (κ3) is 3.08. The van der Waals surface area contributed by atoms with E-state index in [1.165, 1.54) is 0 Å². The Morgan fingerprint density at radius 3 is 2.59 bits per heavy atom. The van der Waals surface area contributed by atoms with Gasteiger partial charge in [-0.3, -0.25) is 4.90 Å². The van der Waals surface area contributed by atoms with E-state index < -0.39 is 11.7 Å². The fourth-order valence-electron chi connectivity index (χ4n) is 5.59. The fourth-order valence-corrected chi connectivity index (χ4v) is 5.59. The molecule has 3 fully saturated rings. The van der Waals surface area contributed by atoms with E-state index in [2.05, 4.69) is 27.0 Å². The summed E-state index contributed by atoms with van der Waals surface area (Å²) in [6.07, 6.45) is 6.05. The van der Waals surface area contributed by atoms with Gasteiger partial charge in [0, 0.05) is 43.0 Å². The highest BCUT2D eigenvalue weighted by Crippen LogP contribution is 2.52. The molecule has 7 nitrogen and oxygen atoms in total. The van der Waals surface area contributed by atoms with Gasteiger partial charge in [0.2, 0.25) is 0 Å². The molecule has 8 heteroatoms. The van der Waals surface area contributed by atoms with Gasteiger partial charge < -0.3 is 14.6 Å². The van der Waals surface area contributed by atoms with Crippen molar-refractivity contribution in [3.05, 3.63) is 49.1 Å². The molecule has 2 aromatic heterocycles. The second kappa shape index (κ2) is 7.27. The molecule has 4 heterocycles. The second-order valence-corrected chi connectivity index (χ2v) is 9.77. The zero-order chi connectivity index (χ0) is 22.7. The lowest BCUT2D eigenvalue weighted by Gasteiger charge is -2.63. The van der Waals surface area contributed by atoms with Crippen LogP contribution in [0.5, 0.6) is 5.75 Å². The molecule has 2 aliphatic heterocycles. The number of benzene rings is 1. The SMILES string of the molecule is CN(c1ccc(-c2ccc(-n3ccnc3)cc2O)nn1)[C@H]1[C@H](F)[C@@]2(C)CC[C@]1(C)CN2C. The number of anilines is 1. The Morgan fingerprint density at radius 1 is 1.16 bits per heavy atom. The molecule has 32 heavy (non-hydrogen) atoms. The highest BCUT2D eigenvalue weighted by atomic mass is 19.1. The van der Waals surface area contributed by atoms with Crippen molar-refractivity contribution in [2.75, 3.05) is 25.5 Å². The van der Waals surface area contributed by atoms with E-state index in [0.29, 0.717) is 17.1 Å². The largest absolute Gasteiger partial charge is 0.507 e. The van der Waals surface area contributed by atoms with Crippen LogP contribution in [0.25, 0.3) is 16.9 Å². The van der Waals surface area contributed by atoms with Crippen molar-refractivity contribution in [1.29, 1.82) is 0 Å². The number of phenolic OH excluding ortho intramolecular Hbond substituents is 1. The summed E-state index contributed by atoms with van der Waals surface area (Å²) in [5.74, 6) is 0.749. The van der Waals surface area contributed by atoms with E-state index in [-0.39, 0.29) is 17.2 Å². The number of phenols is 1. The summed E-state index contributed by atoms with van der Waals surface area (Å²) in [6.45, 7) is 5.07. The number of hydrogen-bond acceptors (Lipinski definition) is 6. The number of alkyl halides is 1. The normalized spacial score (nSPS) is 29.9. The number of imidazole rings is 1.